The van der Waals surface area contributed by atoms with Gasteiger partial charge in [-0.1, -0.05) is 18.2 Å². The molecule has 3 atom stereocenters. The molecule has 1 aromatic rings. The monoisotopic (exact) mass is 353 g/mol. The van der Waals surface area contributed by atoms with Crippen LogP contribution in [0.2, 0.25) is 0 Å². The summed E-state index contributed by atoms with van der Waals surface area (Å²) in [5, 5.41) is 2.86. The van der Waals surface area contributed by atoms with Gasteiger partial charge < -0.3 is 20.7 Å². The Bertz CT molecular complexity index is 569. The predicted octanol–water partition coefficient (Wildman–Crippen LogP) is 1.23. The summed E-state index contributed by atoms with van der Waals surface area (Å²) >= 11 is 0. The number of nitrogens with one attached hydrogen (secondary N) is 1. The maximum atomic E-state index is 12.6. The van der Waals surface area contributed by atoms with Gasteiger partial charge in [-0.05, 0) is 37.8 Å². The number of nitrogens with zero attached hydrogens (tertiary/aromatic N) is 1. The molecule has 24 heavy (non-hydrogen) atoms. The van der Waals surface area contributed by atoms with Crippen molar-refractivity contribution < 1.29 is 14.3 Å². The van der Waals surface area contributed by atoms with Crippen molar-refractivity contribution in [1.82, 2.24) is 5.32 Å². The molecular weight excluding hydrogens is 330 g/mol. The third kappa shape index (κ3) is 4.06. The standard InChI is InChI=1S/C17H23N3O3.ClH/c18-11-13-8-9-15(23-13)16(21)19-14-7-4-10-20(17(14)22)12-5-2-1-3-6-12;/h1-3,5-6,13-15H,4,7-11,18H2,(H,19,21);1H/t13-,14?,15+;/m1./s1. The number of para-hydroxylation sites is 1. The molecule has 0 spiro atoms. The van der Waals surface area contributed by atoms with Gasteiger partial charge in [0, 0.05) is 18.8 Å². The van der Waals surface area contributed by atoms with E-state index in [0.29, 0.717) is 25.9 Å². The largest absolute Gasteiger partial charge is 0.364 e. The number of carbonyl (C=O) groups is 2. The van der Waals surface area contributed by atoms with Crippen LogP contribution in [0.25, 0.3) is 0 Å². The van der Waals surface area contributed by atoms with E-state index in [4.69, 9.17) is 10.5 Å². The van der Waals surface area contributed by atoms with E-state index < -0.39 is 12.1 Å². The Hall–Kier alpha value is -1.63. The summed E-state index contributed by atoms with van der Waals surface area (Å²) in [5.41, 5.74) is 6.44. The number of ether oxygens (including phenoxy) is 1. The number of nitrogens with two attached hydrogens (primary N) is 1. The average Bonchev–Trinajstić information content (AvgIpc) is 3.07. The van der Waals surface area contributed by atoms with Crippen molar-refractivity contribution in [2.75, 3.05) is 18.0 Å². The highest BCUT2D eigenvalue weighted by Crippen LogP contribution is 2.22. The summed E-state index contributed by atoms with van der Waals surface area (Å²) in [5.74, 6) is -0.251. The molecule has 2 fully saturated rings. The van der Waals surface area contributed by atoms with Gasteiger partial charge in [0.15, 0.2) is 0 Å². The maximum Gasteiger partial charge on any atom is 0.249 e. The van der Waals surface area contributed by atoms with E-state index in [1.54, 1.807) is 4.90 Å². The van der Waals surface area contributed by atoms with Crippen LogP contribution in [0.1, 0.15) is 25.7 Å². The first kappa shape index (κ1) is 18.7. The van der Waals surface area contributed by atoms with Crippen molar-refractivity contribution in [2.45, 2.75) is 43.9 Å². The summed E-state index contributed by atoms with van der Waals surface area (Å²) in [4.78, 5) is 26.7. The molecule has 0 aromatic heterocycles. The summed E-state index contributed by atoms with van der Waals surface area (Å²) < 4.78 is 5.60. The SMILES string of the molecule is Cl.NC[C@H]1CC[C@@H](C(=O)NC2CCCN(c3ccccc3)C2=O)O1. The van der Waals surface area contributed by atoms with Crippen LogP contribution in [0.4, 0.5) is 5.69 Å². The molecule has 1 unspecified atom stereocenters. The van der Waals surface area contributed by atoms with Gasteiger partial charge in [-0.2, -0.15) is 0 Å². The number of hydrogen-bond donors (Lipinski definition) is 2. The highest BCUT2D eigenvalue weighted by atomic mass is 35.5. The minimum atomic E-state index is -0.483. The number of amides is 2. The fraction of sp³-hybridized carbons (Fsp3) is 0.529. The zero-order chi connectivity index (χ0) is 16.2. The first-order valence-corrected chi connectivity index (χ1v) is 8.21. The van der Waals surface area contributed by atoms with Gasteiger partial charge in [0.25, 0.3) is 0 Å². The summed E-state index contributed by atoms with van der Waals surface area (Å²) in [6.45, 7) is 1.11. The quantitative estimate of drug-likeness (QED) is 0.852. The second-order valence-electron chi connectivity index (χ2n) is 6.09. The van der Waals surface area contributed by atoms with Gasteiger partial charge in [-0.15, -0.1) is 12.4 Å². The molecule has 2 heterocycles. The van der Waals surface area contributed by atoms with E-state index in [1.165, 1.54) is 0 Å². The van der Waals surface area contributed by atoms with Crippen molar-refractivity contribution in [3.63, 3.8) is 0 Å². The Labute approximate surface area is 148 Å². The second kappa shape index (κ2) is 8.46. The lowest BCUT2D eigenvalue weighted by molar-refractivity contribution is -0.135. The van der Waals surface area contributed by atoms with Crippen LogP contribution >= 0.6 is 12.4 Å². The molecule has 7 heteroatoms. The van der Waals surface area contributed by atoms with E-state index in [2.05, 4.69) is 5.32 Å². The smallest absolute Gasteiger partial charge is 0.249 e. The van der Waals surface area contributed by atoms with Crippen LogP contribution in [0.3, 0.4) is 0 Å². The molecule has 0 aliphatic carbocycles. The first-order chi connectivity index (χ1) is 11.2. The van der Waals surface area contributed by atoms with Crippen LogP contribution in [0.5, 0.6) is 0 Å². The fourth-order valence-corrected chi connectivity index (χ4v) is 3.21. The minimum Gasteiger partial charge on any atom is -0.364 e. The van der Waals surface area contributed by atoms with Gasteiger partial charge in [0.1, 0.15) is 12.1 Å². The number of anilines is 1. The van der Waals surface area contributed by atoms with Gasteiger partial charge in [0.2, 0.25) is 11.8 Å². The number of carbonyl (C=O) groups excluding carboxylic acids is 2. The fourth-order valence-electron chi connectivity index (χ4n) is 3.21. The number of hydrogen-bond acceptors (Lipinski definition) is 4. The molecule has 132 valence electrons. The zero-order valence-electron chi connectivity index (χ0n) is 13.5. The molecule has 3 rings (SSSR count). The van der Waals surface area contributed by atoms with E-state index >= 15 is 0 Å². The molecule has 1 aromatic carbocycles. The van der Waals surface area contributed by atoms with Crippen LogP contribution in [-0.2, 0) is 14.3 Å². The Morgan fingerprint density at radius 1 is 1.25 bits per heavy atom. The van der Waals surface area contributed by atoms with Crippen molar-refractivity contribution in [3.05, 3.63) is 30.3 Å². The molecule has 2 aliphatic heterocycles. The van der Waals surface area contributed by atoms with Gasteiger partial charge in [-0.3, -0.25) is 9.59 Å². The van der Waals surface area contributed by atoms with Crippen molar-refractivity contribution in [3.8, 4) is 0 Å². The number of halogens is 1. The highest BCUT2D eigenvalue weighted by Gasteiger charge is 2.35. The number of rotatable bonds is 4. The highest BCUT2D eigenvalue weighted by molar-refractivity contribution is 6.00. The third-order valence-corrected chi connectivity index (χ3v) is 4.49. The maximum absolute atomic E-state index is 12.6. The Morgan fingerprint density at radius 3 is 2.67 bits per heavy atom. The molecule has 0 saturated carbocycles. The normalized spacial score (nSPS) is 26.8. The molecule has 0 bridgehead atoms. The zero-order valence-corrected chi connectivity index (χ0v) is 14.3. The topological polar surface area (TPSA) is 84.7 Å². The molecule has 0 radical (unpaired) electrons. The van der Waals surface area contributed by atoms with Crippen molar-refractivity contribution in [1.29, 1.82) is 0 Å². The summed E-state index contributed by atoms with van der Waals surface area (Å²) in [6, 6.07) is 9.08. The Kier molecular flexibility index (Phi) is 6.60. The molecule has 2 aliphatic rings. The van der Waals surface area contributed by atoms with Crippen LogP contribution in [0, 0.1) is 0 Å². The van der Waals surface area contributed by atoms with Crippen LogP contribution in [0.15, 0.2) is 30.3 Å². The van der Waals surface area contributed by atoms with E-state index in [9.17, 15) is 9.59 Å². The molecule has 6 nitrogen and oxygen atoms in total. The lowest BCUT2D eigenvalue weighted by atomic mass is 10.0. The van der Waals surface area contributed by atoms with Gasteiger partial charge in [0.05, 0.1) is 6.10 Å². The second-order valence-corrected chi connectivity index (χ2v) is 6.09. The minimum absolute atomic E-state index is 0. The number of benzene rings is 1. The Balaban J connectivity index is 0.00000208. The summed E-state index contributed by atoms with van der Waals surface area (Å²) in [6.07, 6.45) is 2.46. The van der Waals surface area contributed by atoms with E-state index in [1.807, 2.05) is 30.3 Å². The predicted molar refractivity (Wildman–Crippen MR) is 94.2 cm³/mol. The lowest BCUT2D eigenvalue weighted by Gasteiger charge is -2.33. The lowest BCUT2D eigenvalue weighted by Crippen LogP contribution is -2.54. The van der Waals surface area contributed by atoms with E-state index in [0.717, 1.165) is 18.5 Å². The molecular formula is C17H24ClN3O3. The van der Waals surface area contributed by atoms with Crippen LogP contribution in [-0.4, -0.2) is 43.2 Å². The van der Waals surface area contributed by atoms with Gasteiger partial charge in [-0.25, -0.2) is 0 Å². The van der Waals surface area contributed by atoms with Gasteiger partial charge >= 0.3 is 0 Å². The molecule has 2 amide bonds. The third-order valence-electron chi connectivity index (χ3n) is 4.49. The number of piperidine rings is 1. The molecule has 2 saturated heterocycles. The van der Waals surface area contributed by atoms with E-state index in [-0.39, 0.29) is 30.3 Å². The average molecular weight is 354 g/mol. The van der Waals surface area contributed by atoms with Crippen molar-refractivity contribution >= 4 is 29.9 Å². The Morgan fingerprint density at radius 2 is 2.00 bits per heavy atom. The summed E-state index contributed by atoms with van der Waals surface area (Å²) in [7, 11) is 0. The van der Waals surface area contributed by atoms with Crippen LogP contribution < -0.4 is 16.0 Å². The molecule has 3 N–H and O–H groups in total. The van der Waals surface area contributed by atoms with Crippen molar-refractivity contribution in [2.24, 2.45) is 5.73 Å². The first-order valence-electron chi connectivity index (χ1n) is 8.21.